The Bertz CT molecular complexity index is 1070. The molecule has 1 aliphatic heterocycles. The van der Waals surface area contributed by atoms with Crippen LogP contribution in [-0.2, 0) is 9.59 Å². The van der Waals surface area contributed by atoms with Crippen molar-refractivity contribution in [3.8, 4) is 5.69 Å². The summed E-state index contributed by atoms with van der Waals surface area (Å²) >= 11 is 12.6. The minimum Gasteiger partial charge on any atom is -0.322 e. The number of hydrogen-bond donors (Lipinski definition) is 1. The number of nitrogens with one attached hydrogen (secondary N) is 1. The van der Waals surface area contributed by atoms with Gasteiger partial charge in [-0.1, -0.05) is 11.6 Å². The Kier molecular flexibility index (Phi) is 4.65. The van der Waals surface area contributed by atoms with Gasteiger partial charge < -0.3 is 4.57 Å². The highest BCUT2D eigenvalue weighted by molar-refractivity contribution is 7.80. The van der Waals surface area contributed by atoms with Gasteiger partial charge in [0.1, 0.15) is 5.57 Å². The van der Waals surface area contributed by atoms with Crippen LogP contribution in [0.1, 0.15) is 4.88 Å². The van der Waals surface area contributed by atoms with Crippen molar-refractivity contribution < 1.29 is 9.59 Å². The average molecular weight is 414 g/mol. The van der Waals surface area contributed by atoms with Gasteiger partial charge in [-0.3, -0.25) is 19.8 Å². The lowest BCUT2D eigenvalue weighted by Gasteiger charge is -2.28. The van der Waals surface area contributed by atoms with E-state index in [1.165, 1.54) is 16.2 Å². The van der Waals surface area contributed by atoms with Gasteiger partial charge in [-0.15, -0.1) is 11.3 Å². The molecule has 1 N–H and O–H groups in total. The minimum atomic E-state index is -0.512. The number of anilines is 1. The summed E-state index contributed by atoms with van der Waals surface area (Å²) in [5.41, 5.74) is 1.45. The predicted molar refractivity (Wildman–Crippen MR) is 111 cm³/mol. The topological polar surface area (TPSA) is 54.3 Å². The van der Waals surface area contributed by atoms with Crippen molar-refractivity contribution in [2.45, 2.75) is 0 Å². The van der Waals surface area contributed by atoms with Crippen molar-refractivity contribution in [1.82, 2.24) is 9.88 Å². The molecule has 1 fully saturated rings. The van der Waals surface area contributed by atoms with E-state index in [1.807, 2.05) is 40.5 Å². The fourth-order valence-corrected chi connectivity index (χ4v) is 3.97. The molecule has 3 aromatic rings. The summed E-state index contributed by atoms with van der Waals surface area (Å²) in [6.07, 6.45) is 5.41. The number of rotatable bonds is 3. The SMILES string of the molecule is O=C1NC(=S)N(c2ccc(Cl)cc2)C(=O)/C1=C/c1sccc1-n1cccc1. The van der Waals surface area contributed by atoms with Gasteiger partial charge in [-0.25, -0.2) is 0 Å². The Morgan fingerprint density at radius 1 is 1.07 bits per heavy atom. The molecule has 0 saturated carbocycles. The summed E-state index contributed by atoms with van der Waals surface area (Å²) in [4.78, 5) is 27.6. The number of amides is 2. The van der Waals surface area contributed by atoms with Crippen LogP contribution in [0, 0.1) is 0 Å². The molecule has 8 heteroatoms. The Balaban J connectivity index is 1.74. The first-order chi connectivity index (χ1) is 13.0. The quantitative estimate of drug-likeness (QED) is 0.401. The van der Waals surface area contributed by atoms with Crippen molar-refractivity contribution in [3.63, 3.8) is 0 Å². The maximum atomic E-state index is 13.0. The summed E-state index contributed by atoms with van der Waals surface area (Å²) in [5.74, 6) is -0.986. The minimum absolute atomic E-state index is 0.0226. The smallest absolute Gasteiger partial charge is 0.270 e. The third-order valence-electron chi connectivity index (χ3n) is 4.02. The number of carbonyl (C=O) groups is 2. The van der Waals surface area contributed by atoms with Gasteiger partial charge >= 0.3 is 0 Å². The zero-order chi connectivity index (χ0) is 19.0. The van der Waals surface area contributed by atoms with Gasteiger partial charge in [0.15, 0.2) is 5.11 Å². The van der Waals surface area contributed by atoms with Crippen LogP contribution in [0.2, 0.25) is 5.02 Å². The Labute approximate surface area is 169 Å². The molecule has 0 aliphatic carbocycles. The van der Waals surface area contributed by atoms with E-state index in [4.69, 9.17) is 23.8 Å². The molecule has 0 unspecified atom stereocenters. The van der Waals surface area contributed by atoms with Crippen LogP contribution in [0.15, 0.2) is 65.8 Å². The molecule has 1 saturated heterocycles. The summed E-state index contributed by atoms with van der Waals surface area (Å²) < 4.78 is 1.93. The lowest BCUT2D eigenvalue weighted by molar-refractivity contribution is -0.122. The molecule has 2 amide bonds. The highest BCUT2D eigenvalue weighted by Gasteiger charge is 2.34. The number of thiophene rings is 1. The number of benzene rings is 1. The van der Waals surface area contributed by atoms with E-state index in [9.17, 15) is 9.59 Å². The maximum Gasteiger partial charge on any atom is 0.270 e. The van der Waals surface area contributed by atoms with E-state index in [-0.39, 0.29) is 10.7 Å². The third-order valence-corrected chi connectivity index (χ3v) is 5.41. The van der Waals surface area contributed by atoms with E-state index in [2.05, 4.69) is 5.32 Å². The molecule has 0 bridgehead atoms. The second-order valence-corrected chi connectivity index (χ2v) is 7.47. The van der Waals surface area contributed by atoms with Gasteiger partial charge in [-0.2, -0.15) is 0 Å². The van der Waals surface area contributed by atoms with Gasteiger partial charge in [0.25, 0.3) is 11.8 Å². The standard InChI is InChI=1S/C19H12ClN3O2S2/c20-12-3-5-13(6-4-12)23-18(25)14(17(24)21-19(23)26)11-16-15(7-10-27-16)22-8-1-2-9-22/h1-11H,(H,21,24,26)/b14-11+. The molecular weight excluding hydrogens is 402 g/mol. The van der Waals surface area contributed by atoms with Gasteiger partial charge in [0.2, 0.25) is 0 Å². The summed E-state index contributed by atoms with van der Waals surface area (Å²) in [6, 6.07) is 12.4. The second kappa shape index (κ2) is 7.11. The largest absolute Gasteiger partial charge is 0.322 e. The molecule has 3 heterocycles. The summed E-state index contributed by atoms with van der Waals surface area (Å²) in [6.45, 7) is 0. The first-order valence-electron chi connectivity index (χ1n) is 7.92. The molecule has 134 valence electrons. The van der Waals surface area contributed by atoms with Crippen molar-refractivity contribution in [2.75, 3.05) is 4.90 Å². The zero-order valence-corrected chi connectivity index (χ0v) is 16.1. The normalized spacial score (nSPS) is 16.1. The lowest BCUT2D eigenvalue weighted by Crippen LogP contribution is -2.54. The molecule has 0 spiro atoms. The van der Waals surface area contributed by atoms with Crippen LogP contribution >= 0.6 is 35.2 Å². The zero-order valence-electron chi connectivity index (χ0n) is 13.8. The fourth-order valence-electron chi connectivity index (χ4n) is 2.74. The third kappa shape index (κ3) is 3.32. The van der Waals surface area contributed by atoms with Gasteiger partial charge in [0.05, 0.1) is 16.3 Å². The first kappa shape index (κ1) is 17.7. The highest BCUT2D eigenvalue weighted by Crippen LogP contribution is 2.27. The molecule has 5 nitrogen and oxygen atoms in total. The number of thiocarbonyl (C=S) groups is 1. The van der Waals surface area contributed by atoms with Crippen molar-refractivity contribution in [3.05, 3.63) is 75.7 Å². The molecule has 0 radical (unpaired) electrons. The molecular formula is C19H12ClN3O2S2. The van der Waals surface area contributed by atoms with E-state index in [0.717, 1.165) is 10.6 Å². The lowest BCUT2D eigenvalue weighted by atomic mass is 10.1. The molecule has 0 atom stereocenters. The molecule has 1 aromatic carbocycles. The molecule has 4 rings (SSSR count). The van der Waals surface area contributed by atoms with Crippen LogP contribution in [0.25, 0.3) is 11.8 Å². The number of halogens is 1. The number of carbonyl (C=O) groups excluding carboxylic acids is 2. The van der Waals surface area contributed by atoms with Gasteiger partial charge in [0, 0.05) is 17.4 Å². The van der Waals surface area contributed by atoms with E-state index in [0.29, 0.717) is 10.7 Å². The van der Waals surface area contributed by atoms with Crippen LogP contribution in [0.3, 0.4) is 0 Å². The predicted octanol–water partition coefficient (Wildman–Crippen LogP) is 4.02. The van der Waals surface area contributed by atoms with Crippen molar-refractivity contribution in [2.24, 2.45) is 0 Å². The number of nitrogens with zero attached hydrogens (tertiary/aromatic N) is 2. The molecule has 27 heavy (non-hydrogen) atoms. The van der Waals surface area contributed by atoms with Crippen molar-refractivity contribution in [1.29, 1.82) is 0 Å². The van der Waals surface area contributed by atoms with Crippen LogP contribution in [-0.4, -0.2) is 21.5 Å². The second-order valence-electron chi connectivity index (χ2n) is 5.69. The van der Waals surface area contributed by atoms with E-state index >= 15 is 0 Å². The highest BCUT2D eigenvalue weighted by atomic mass is 35.5. The van der Waals surface area contributed by atoms with Crippen LogP contribution in [0.4, 0.5) is 5.69 Å². The first-order valence-corrected chi connectivity index (χ1v) is 9.59. The van der Waals surface area contributed by atoms with E-state index in [1.54, 1.807) is 30.3 Å². The van der Waals surface area contributed by atoms with Crippen LogP contribution in [0.5, 0.6) is 0 Å². The molecule has 1 aliphatic rings. The van der Waals surface area contributed by atoms with E-state index < -0.39 is 11.8 Å². The Morgan fingerprint density at radius 2 is 1.78 bits per heavy atom. The van der Waals surface area contributed by atoms with Gasteiger partial charge in [-0.05, 0) is 66.1 Å². The fraction of sp³-hybridized carbons (Fsp3) is 0. The number of aromatic nitrogens is 1. The Morgan fingerprint density at radius 3 is 2.48 bits per heavy atom. The average Bonchev–Trinajstić information content (AvgIpc) is 3.31. The van der Waals surface area contributed by atoms with Crippen molar-refractivity contribution >= 4 is 63.8 Å². The van der Waals surface area contributed by atoms with Crippen LogP contribution < -0.4 is 10.2 Å². The number of hydrogen-bond acceptors (Lipinski definition) is 4. The summed E-state index contributed by atoms with van der Waals surface area (Å²) in [7, 11) is 0. The molecule has 2 aromatic heterocycles. The summed E-state index contributed by atoms with van der Waals surface area (Å²) in [5, 5.41) is 5.08. The monoisotopic (exact) mass is 413 g/mol. The maximum absolute atomic E-state index is 13.0. The Hall–Kier alpha value is -2.74.